The van der Waals surface area contributed by atoms with Gasteiger partial charge >= 0.3 is 11.6 Å². The molecule has 0 amide bonds. The maximum Gasteiger partial charge on any atom is 0.335 e. The number of aryl methyl sites for hydroxylation is 1. The molecule has 0 N–H and O–H groups in total. The van der Waals surface area contributed by atoms with Crippen molar-refractivity contribution in [2.75, 3.05) is 0 Å². The molecular weight excluding hydrogens is 340 g/mol. The van der Waals surface area contributed by atoms with Crippen molar-refractivity contribution >= 4 is 33.1 Å². The number of pyridine rings is 1. The molecule has 0 radical (unpaired) electrons. The Morgan fingerprint density at radius 1 is 1.15 bits per heavy atom. The van der Waals surface area contributed by atoms with E-state index >= 15 is 0 Å². The first-order chi connectivity index (χ1) is 9.63. The fourth-order valence-corrected chi connectivity index (χ4v) is 2.11. The minimum atomic E-state index is -0.750. The fourth-order valence-electron chi connectivity index (χ4n) is 1.84. The number of imidazole rings is 1. The Labute approximate surface area is 128 Å². The van der Waals surface area contributed by atoms with Crippen LogP contribution >= 0.6 is 15.9 Å². The summed E-state index contributed by atoms with van der Waals surface area (Å²) in [5.74, 6) is 0. The average molecular weight is 351 g/mol. The van der Waals surface area contributed by atoms with E-state index in [0.717, 1.165) is 21.4 Å². The number of benzene rings is 1. The third-order valence-electron chi connectivity index (χ3n) is 2.76. The Kier molecular flexibility index (Phi) is 4.81. The van der Waals surface area contributed by atoms with E-state index in [2.05, 4.69) is 58.3 Å². The second-order valence-electron chi connectivity index (χ2n) is 4.17. The van der Waals surface area contributed by atoms with Crippen LogP contribution in [0.15, 0.2) is 53.3 Å². The van der Waals surface area contributed by atoms with Gasteiger partial charge in [-0.1, -0.05) is 28.1 Å². The number of nitrogens with zero attached hydrogens (tertiary/aromatic N) is 2. The van der Waals surface area contributed by atoms with Crippen molar-refractivity contribution in [3.05, 3.63) is 58.8 Å². The first kappa shape index (κ1) is 14.6. The van der Waals surface area contributed by atoms with Gasteiger partial charge < -0.3 is 4.40 Å². The minimum absolute atomic E-state index is 0.750. The van der Waals surface area contributed by atoms with Gasteiger partial charge in [0.1, 0.15) is 5.65 Å². The topological polar surface area (TPSA) is 51.4 Å². The van der Waals surface area contributed by atoms with Crippen LogP contribution in [-0.4, -0.2) is 17.8 Å². The monoisotopic (exact) mass is 350 g/mol. The highest BCUT2D eigenvalue weighted by Crippen LogP contribution is 2.21. The molecular formula is C14H11BrN2O2S. The molecule has 20 heavy (non-hydrogen) atoms. The molecule has 0 unspecified atom stereocenters. The lowest BCUT2D eigenvalue weighted by Gasteiger charge is -1.95. The Hall–Kier alpha value is -1.79. The summed E-state index contributed by atoms with van der Waals surface area (Å²) in [4.78, 5) is 4.62. The molecule has 102 valence electrons. The van der Waals surface area contributed by atoms with Crippen LogP contribution in [0.3, 0.4) is 0 Å². The van der Waals surface area contributed by atoms with Gasteiger partial charge in [0, 0.05) is 22.4 Å². The highest BCUT2D eigenvalue weighted by Gasteiger charge is 2.03. The lowest BCUT2D eigenvalue weighted by atomic mass is 10.2. The molecule has 2 heterocycles. The highest BCUT2D eigenvalue weighted by molar-refractivity contribution is 9.10. The molecule has 0 saturated carbocycles. The van der Waals surface area contributed by atoms with E-state index in [4.69, 9.17) is 8.42 Å². The van der Waals surface area contributed by atoms with E-state index in [1.807, 2.05) is 22.7 Å². The zero-order valence-corrected chi connectivity index (χ0v) is 13.0. The molecule has 0 fully saturated rings. The molecule has 3 rings (SSSR count). The van der Waals surface area contributed by atoms with E-state index in [0.29, 0.717) is 0 Å². The number of halogens is 1. The second kappa shape index (κ2) is 6.58. The molecule has 1 aromatic carbocycles. The molecule has 6 heteroatoms. The Balaban J connectivity index is 0.000000452. The highest BCUT2D eigenvalue weighted by atomic mass is 79.9. The van der Waals surface area contributed by atoms with Crippen molar-refractivity contribution in [3.63, 3.8) is 0 Å². The zero-order chi connectivity index (χ0) is 14.5. The van der Waals surface area contributed by atoms with Crippen molar-refractivity contribution in [1.82, 2.24) is 9.38 Å². The van der Waals surface area contributed by atoms with E-state index in [1.165, 1.54) is 5.56 Å². The summed E-state index contributed by atoms with van der Waals surface area (Å²) >= 11 is 2.69. The van der Waals surface area contributed by atoms with Gasteiger partial charge in [-0.3, -0.25) is 0 Å². The van der Waals surface area contributed by atoms with Crippen molar-refractivity contribution in [2.24, 2.45) is 0 Å². The SMILES string of the molecule is Cc1ccn2cc(-c3ccc(Br)cc3)nc2c1.O=S=O. The Morgan fingerprint density at radius 2 is 1.80 bits per heavy atom. The molecule has 0 bridgehead atoms. The Morgan fingerprint density at radius 3 is 2.45 bits per heavy atom. The molecule has 0 atom stereocenters. The van der Waals surface area contributed by atoms with E-state index in [1.54, 1.807) is 0 Å². The first-order valence-corrected chi connectivity index (χ1v) is 7.23. The number of hydrogen-bond donors (Lipinski definition) is 0. The summed E-state index contributed by atoms with van der Waals surface area (Å²) in [7, 11) is 0. The molecule has 3 aromatic rings. The van der Waals surface area contributed by atoms with Gasteiger partial charge in [-0.25, -0.2) is 4.98 Å². The van der Waals surface area contributed by atoms with Crippen LogP contribution in [0, 0.1) is 6.92 Å². The zero-order valence-electron chi connectivity index (χ0n) is 10.6. The van der Waals surface area contributed by atoms with Crippen LogP contribution in [0.25, 0.3) is 16.9 Å². The summed E-state index contributed by atoms with van der Waals surface area (Å²) in [6.07, 6.45) is 4.10. The fraction of sp³-hybridized carbons (Fsp3) is 0.0714. The smallest absolute Gasteiger partial charge is 0.306 e. The summed E-state index contributed by atoms with van der Waals surface area (Å²) in [5, 5.41) is 0. The standard InChI is InChI=1S/C14H11BrN2.O2S/c1-10-6-7-17-9-13(16-14(17)8-10)11-2-4-12(15)5-3-11;1-3-2/h2-9H,1H3;. The van der Waals surface area contributed by atoms with Crippen LogP contribution in [0.4, 0.5) is 0 Å². The molecule has 0 aliphatic rings. The maximum absolute atomic E-state index is 8.29. The van der Waals surface area contributed by atoms with E-state index in [-0.39, 0.29) is 0 Å². The van der Waals surface area contributed by atoms with E-state index in [9.17, 15) is 0 Å². The predicted octanol–water partition coefficient (Wildman–Crippen LogP) is 3.40. The van der Waals surface area contributed by atoms with Gasteiger partial charge in [-0.15, -0.1) is 0 Å². The number of fused-ring (bicyclic) bond motifs is 1. The number of aromatic nitrogens is 2. The molecule has 2 aromatic heterocycles. The van der Waals surface area contributed by atoms with Crippen LogP contribution in [0.1, 0.15) is 5.56 Å². The van der Waals surface area contributed by atoms with Gasteiger partial charge in [-0.2, -0.15) is 8.42 Å². The normalized spacial score (nSPS) is 9.90. The van der Waals surface area contributed by atoms with Gasteiger partial charge in [0.25, 0.3) is 0 Å². The second-order valence-corrected chi connectivity index (χ2v) is 5.22. The summed E-state index contributed by atoms with van der Waals surface area (Å²) in [5.41, 5.74) is 4.35. The first-order valence-electron chi connectivity index (χ1n) is 5.77. The molecule has 0 spiro atoms. The van der Waals surface area contributed by atoms with Gasteiger partial charge in [-0.05, 0) is 36.8 Å². The Bertz CT molecular complexity index is 762. The van der Waals surface area contributed by atoms with Crippen molar-refractivity contribution in [2.45, 2.75) is 6.92 Å². The predicted molar refractivity (Wildman–Crippen MR) is 82.0 cm³/mol. The summed E-state index contributed by atoms with van der Waals surface area (Å²) in [6, 6.07) is 12.4. The van der Waals surface area contributed by atoms with E-state index < -0.39 is 11.6 Å². The van der Waals surface area contributed by atoms with Crippen LogP contribution in [0.2, 0.25) is 0 Å². The average Bonchev–Trinajstić information content (AvgIpc) is 2.83. The molecule has 4 nitrogen and oxygen atoms in total. The molecule has 0 aliphatic carbocycles. The van der Waals surface area contributed by atoms with Gasteiger partial charge in [0.05, 0.1) is 5.69 Å². The van der Waals surface area contributed by atoms with Crippen molar-refractivity contribution < 1.29 is 8.42 Å². The minimum Gasteiger partial charge on any atom is -0.306 e. The summed E-state index contributed by atoms with van der Waals surface area (Å²) < 4.78 is 19.7. The van der Waals surface area contributed by atoms with Crippen LogP contribution < -0.4 is 0 Å². The number of hydrogen-bond acceptors (Lipinski definition) is 3. The van der Waals surface area contributed by atoms with Gasteiger partial charge in [0.15, 0.2) is 0 Å². The third-order valence-corrected chi connectivity index (χ3v) is 3.28. The van der Waals surface area contributed by atoms with Gasteiger partial charge in [0.2, 0.25) is 0 Å². The lowest BCUT2D eigenvalue weighted by molar-refractivity contribution is 0.630. The van der Waals surface area contributed by atoms with Crippen molar-refractivity contribution in [1.29, 1.82) is 0 Å². The third kappa shape index (κ3) is 3.40. The largest absolute Gasteiger partial charge is 0.335 e. The van der Waals surface area contributed by atoms with Crippen LogP contribution in [-0.2, 0) is 11.6 Å². The van der Waals surface area contributed by atoms with Crippen molar-refractivity contribution in [3.8, 4) is 11.3 Å². The van der Waals surface area contributed by atoms with Crippen LogP contribution in [0.5, 0.6) is 0 Å². The quantitative estimate of drug-likeness (QED) is 0.675. The number of rotatable bonds is 1. The molecule has 0 saturated heterocycles. The maximum atomic E-state index is 8.29. The summed E-state index contributed by atoms with van der Waals surface area (Å²) in [6.45, 7) is 2.08. The lowest BCUT2D eigenvalue weighted by Crippen LogP contribution is -1.81. The molecule has 0 aliphatic heterocycles.